The number of hydrogen-bond donors (Lipinski definition) is 1. The summed E-state index contributed by atoms with van der Waals surface area (Å²) in [6.07, 6.45) is 1.23. The lowest BCUT2D eigenvalue weighted by Gasteiger charge is -2.09. The second kappa shape index (κ2) is 10.3. The number of nitrogens with one attached hydrogen (secondary N) is 1. The molecule has 4 rings (SSSR count). The quantitative estimate of drug-likeness (QED) is 0.168. The lowest BCUT2D eigenvalue weighted by Crippen LogP contribution is -2.14. The predicted molar refractivity (Wildman–Crippen MR) is 120 cm³/mol. The Balaban J connectivity index is 1.42. The molecule has 0 saturated carbocycles. The molecule has 4 aromatic rings. The highest BCUT2D eigenvalue weighted by Gasteiger charge is 2.26. The van der Waals surface area contributed by atoms with Gasteiger partial charge in [-0.05, 0) is 42.0 Å². The Morgan fingerprint density at radius 1 is 0.914 bits per heavy atom. The minimum absolute atomic E-state index is 0.0235. The highest BCUT2D eigenvalue weighted by molar-refractivity contribution is 9.10. The maximum absolute atomic E-state index is 13.9. The summed E-state index contributed by atoms with van der Waals surface area (Å²) < 4.78 is 75.4. The van der Waals surface area contributed by atoms with Gasteiger partial charge in [0.1, 0.15) is 12.4 Å². The topological polar surface area (TPSA) is 56.2 Å². The van der Waals surface area contributed by atoms with Crippen molar-refractivity contribution < 1.29 is 31.5 Å². The zero-order valence-electron chi connectivity index (χ0n) is 17.7. The summed E-state index contributed by atoms with van der Waals surface area (Å²) in [7, 11) is 0. The van der Waals surface area contributed by atoms with Crippen molar-refractivity contribution in [2.75, 3.05) is 5.32 Å². The van der Waals surface area contributed by atoms with Gasteiger partial charge in [0.25, 0.3) is 5.91 Å². The van der Waals surface area contributed by atoms with Crippen LogP contribution in [-0.2, 0) is 13.2 Å². The summed E-state index contributed by atoms with van der Waals surface area (Å²) >= 11 is 3.34. The molecule has 0 unspecified atom stereocenters. The Morgan fingerprint density at radius 3 is 2.26 bits per heavy atom. The van der Waals surface area contributed by atoms with Crippen LogP contribution in [0, 0.1) is 29.1 Å². The van der Waals surface area contributed by atoms with E-state index in [-0.39, 0.29) is 12.4 Å². The first-order valence-corrected chi connectivity index (χ1v) is 10.8. The van der Waals surface area contributed by atoms with E-state index in [0.29, 0.717) is 11.3 Å². The maximum Gasteiger partial charge on any atom is 0.256 e. The molecule has 35 heavy (non-hydrogen) atoms. The van der Waals surface area contributed by atoms with Crippen molar-refractivity contribution in [1.29, 1.82) is 0 Å². The predicted octanol–water partition coefficient (Wildman–Crippen LogP) is 6.22. The van der Waals surface area contributed by atoms with Crippen molar-refractivity contribution in [2.24, 2.45) is 0 Å². The van der Waals surface area contributed by atoms with Gasteiger partial charge in [0.15, 0.2) is 29.1 Å². The van der Waals surface area contributed by atoms with Crippen molar-refractivity contribution in [3.63, 3.8) is 0 Å². The Labute approximate surface area is 204 Å². The molecule has 0 aliphatic carbocycles. The van der Waals surface area contributed by atoms with Crippen LogP contribution in [-0.4, -0.2) is 15.7 Å². The number of halogens is 6. The normalized spacial score (nSPS) is 10.9. The molecule has 0 saturated heterocycles. The molecule has 180 valence electrons. The van der Waals surface area contributed by atoms with E-state index in [1.165, 1.54) is 12.3 Å². The van der Waals surface area contributed by atoms with Gasteiger partial charge < -0.3 is 10.1 Å². The van der Waals surface area contributed by atoms with Gasteiger partial charge in [-0.3, -0.25) is 9.48 Å². The Morgan fingerprint density at radius 2 is 1.57 bits per heavy atom. The summed E-state index contributed by atoms with van der Waals surface area (Å²) in [6, 6.07) is 15.3. The van der Waals surface area contributed by atoms with E-state index in [1.807, 2.05) is 12.1 Å². The third-order valence-electron chi connectivity index (χ3n) is 4.91. The van der Waals surface area contributed by atoms with Crippen LogP contribution in [0.2, 0.25) is 0 Å². The molecule has 1 aromatic heterocycles. The molecular weight excluding hydrogens is 537 g/mol. The van der Waals surface area contributed by atoms with Gasteiger partial charge >= 0.3 is 0 Å². The lowest BCUT2D eigenvalue weighted by molar-refractivity contribution is 0.102. The van der Waals surface area contributed by atoms with Crippen LogP contribution in [0.4, 0.5) is 27.8 Å². The number of aromatic nitrogens is 2. The van der Waals surface area contributed by atoms with Crippen LogP contribution < -0.4 is 10.1 Å². The number of rotatable bonds is 7. The molecule has 1 heterocycles. The number of hydrogen-bond acceptors (Lipinski definition) is 3. The van der Waals surface area contributed by atoms with E-state index in [9.17, 15) is 26.7 Å². The fourth-order valence-corrected chi connectivity index (χ4v) is 3.42. The fraction of sp³-hybridized carbons (Fsp3) is 0.0833. The molecule has 11 heteroatoms. The lowest BCUT2D eigenvalue weighted by atomic mass is 10.1. The number of amides is 1. The van der Waals surface area contributed by atoms with Crippen LogP contribution >= 0.6 is 15.9 Å². The number of carbonyl (C=O) groups excluding carboxylic acids is 1. The van der Waals surface area contributed by atoms with Crippen molar-refractivity contribution in [3.8, 4) is 5.75 Å². The maximum atomic E-state index is 13.9. The molecule has 3 aromatic carbocycles. The van der Waals surface area contributed by atoms with Crippen LogP contribution in [0.1, 0.15) is 21.5 Å². The van der Waals surface area contributed by atoms with E-state index >= 15 is 0 Å². The zero-order valence-corrected chi connectivity index (χ0v) is 19.3. The highest BCUT2D eigenvalue weighted by atomic mass is 79.9. The van der Waals surface area contributed by atoms with Gasteiger partial charge in [-0.15, -0.1) is 0 Å². The number of nitrogens with zero attached hydrogens (tertiary/aromatic N) is 2. The molecule has 5 nitrogen and oxygen atoms in total. The van der Waals surface area contributed by atoms with Gasteiger partial charge in [0.2, 0.25) is 5.82 Å². The van der Waals surface area contributed by atoms with Gasteiger partial charge in [-0.1, -0.05) is 28.1 Å². The van der Waals surface area contributed by atoms with E-state index in [1.54, 1.807) is 36.4 Å². The second-order valence-corrected chi connectivity index (χ2v) is 8.26. The molecule has 0 radical (unpaired) electrons. The van der Waals surface area contributed by atoms with E-state index in [2.05, 4.69) is 26.3 Å². The number of carbonyl (C=O) groups is 1. The Hall–Kier alpha value is -3.73. The first kappa shape index (κ1) is 24.4. The molecule has 1 amide bonds. The van der Waals surface area contributed by atoms with Crippen LogP contribution in [0.5, 0.6) is 5.75 Å². The molecule has 0 atom stereocenters. The molecular formula is C24H15BrF5N3O2. The number of anilines is 1. The van der Waals surface area contributed by atoms with Crippen molar-refractivity contribution in [3.05, 3.63) is 111 Å². The van der Waals surface area contributed by atoms with Gasteiger partial charge in [-0.25, -0.2) is 22.0 Å². The van der Waals surface area contributed by atoms with E-state index in [4.69, 9.17) is 4.74 Å². The first-order chi connectivity index (χ1) is 16.7. The summed E-state index contributed by atoms with van der Waals surface area (Å²) in [5.41, 5.74) is -0.00511. The van der Waals surface area contributed by atoms with Gasteiger partial charge in [0, 0.05) is 22.3 Å². The zero-order chi connectivity index (χ0) is 25.1. The van der Waals surface area contributed by atoms with E-state index in [0.717, 1.165) is 14.7 Å². The SMILES string of the molecule is O=C(Nc1ccn(Cc2c(F)c(F)c(F)c(F)c2F)n1)c1cccc(COc2ccc(Br)cc2)c1. The average Bonchev–Trinajstić information content (AvgIpc) is 3.30. The molecule has 0 fully saturated rings. The Kier molecular flexibility index (Phi) is 7.15. The number of benzene rings is 3. The molecule has 0 aliphatic heterocycles. The van der Waals surface area contributed by atoms with Crippen molar-refractivity contribution in [1.82, 2.24) is 9.78 Å². The second-order valence-electron chi connectivity index (χ2n) is 7.34. The standard InChI is InChI=1S/C24H15BrF5N3O2/c25-15-4-6-16(7-5-15)35-12-13-2-1-3-14(10-13)24(34)31-18-8-9-33(32-18)11-17-19(26)21(28)23(30)22(29)20(17)27/h1-10H,11-12H2,(H,31,32,34). The highest BCUT2D eigenvalue weighted by Crippen LogP contribution is 2.24. The van der Waals surface area contributed by atoms with E-state index < -0.39 is 47.1 Å². The minimum Gasteiger partial charge on any atom is -0.489 e. The summed E-state index contributed by atoms with van der Waals surface area (Å²) in [5, 5.41) is 6.44. The molecule has 0 spiro atoms. The van der Waals surface area contributed by atoms with Gasteiger partial charge in [0.05, 0.1) is 12.1 Å². The smallest absolute Gasteiger partial charge is 0.256 e. The van der Waals surface area contributed by atoms with Crippen molar-refractivity contribution in [2.45, 2.75) is 13.2 Å². The first-order valence-electron chi connectivity index (χ1n) is 10.1. The molecule has 1 N–H and O–H groups in total. The van der Waals surface area contributed by atoms with Crippen molar-refractivity contribution >= 4 is 27.7 Å². The summed E-state index contributed by atoms with van der Waals surface area (Å²) in [4.78, 5) is 12.6. The largest absolute Gasteiger partial charge is 0.489 e. The van der Waals surface area contributed by atoms with Crippen LogP contribution in [0.3, 0.4) is 0 Å². The summed E-state index contributed by atoms with van der Waals surface area (Å²) in [6.45, 7) is -0.510. The minimum atomic E-state index is -2.23. The number of ether oxygens (including phenoxy) is 1. The third kappa shape index (κ3) is 5.51. The third-order valence-corrected chi connectivity index (χ3v) is 5.44. The molecule has 0 aliphatic rings. The monoisotopic (exact) mass is 551 g/mol. The van der Waals surface area contributed by atoms with Crippen LogP contribution in [0.15, 0.2) is 65.3 Å². The van der Waals surface area contributed by atoms with Crippen LogP contribution in [0.25, 0.3) is 0 Å². The fourth-order valence-electron chi connectivity index (χ4n) is 3.16. The summed E-state index contributed by atoms with van der Waals surface area (Å²) in [5.74, 6) is -10.0. The van der Waals surface area contributed by atoms with Gasteiger partial charge in [-0.2, -0.15) is 5.10 Å². The average molecular weight is 552 g/mol. The molecule has 0 bridgehead atoms. The Bertz CT molecular complexity index is 1360.